The van der Waals surface area contributed by atoms with E-state index in [0.717, 1.165) is 151 Å². The smallest absolute Gasteiger partial charge is 0.351 e. The normalized spacial score (nSPS) is 13.9. The largest absolute Gasteiger partial charge is 0.461 e. The fraction of sp³-hybridized carbons (Fsp3) is 0.495. The van der Waals surface area contributed by atoms with Gasteiger partial charge in [0.1, 0.15) is 9.75 Å². The molecule has 17 heteroatoms. The van der Waals surface area contributed by atoms with Crippen molar-refractivity contribution in [3.05, 3.63) is 123 Å². The van der Waals surface area contributed by atoms with Crippen molar-refractivity contribution in [3.63, 3.8) is 0 Å². The summed E-state index contributed by atoms with van der Waals surface area (Å²) in [5.74, 6) is 0.913. The van der Waals surface area contributed by atoms with Gasteiger partial charge in [-0.1, -0.05) is 218 Å². The number of carbonyl (C=O) groups excluding carboxylic acids is 2. The number of ketones is 1. The molecule has 0 amide bonds. The highest BCUT2D eigenvalue weighted by molar-refractivity contribution is 7.36. The zero-order valence-electron chi connectivity index (χ0n) is 70.8. The summed E-state index contributed by atoms with van der Waals surface area (Å²) >= 11 is 21.1. The molecule has 0 radical (unpaired) electrons. The van der Waals surface area contributed by atoms with Gasteiger partial charge in [0.05, 0.1) is 30.6 Å². The van der Waals surface area contributed by atoms with E-state index in [-0.39, 0.29) is 39.8 Å². The Morgan fingerprint density at radius 2 is 0.681 bits per heavy atom. The Kier molecular flexibility index (Phi) is 30.4. The number of unbranched alkanes of at least 4 members (excludes halogenated alkanes) is 6. The van der Waals surface area contributed by atoms with Crippen LogP contribution in [0.4, 0.5) is 8.78 Å². The number of carbonyl (C=O) groups is 2. The standard InChI is InChI=1S/C99H118F2O3S12/c1-15-27-33-58(21-7)48-64-39-43-72(107-64)79-68-47-56(13)105-89(68)80(73-44-40-65(108-73)49-59(22-8)34-28-16-2)69-53-77(112-90(69)79)94-84-86(101)98(99(103)104-55-62(25-11)37-31-19-5)116-96(84)95(115-94)78-54-71-82(75-46-42-67(110-75)51-61(24-10)36-30-18-4)91-70(81(92(71)113-78)74-45-41-66(109-74)50-60(23-9)35-29-17-3)52-76(111-91)93-83-85(100)97(114-88(83)57(14)106-93)87(102)63(26-12)38-32-20-6/h39-47,52-54,58-63H,15-38,48-51,55H2,1-14H3. The zero-order valence-corrected chi connectivity index (χ0v) is 80.6. The summed E-state index contributed by atoms with van der Waals surface area (Å²) in [6.45, 7) is 31.8. The first-order valence-electron chi connectivity index (χ1n) is 44.0. The van der Waals surface area contributed by atoms with E-state index in [1.807, 2.05) is 68.0 Å². The number of ether oxygens (including phenoxy) is 1. The number of Topliss-reactive ketones (excluding diaryl/α,β-unsaturated/α-hetero) is 1. The van der Waals surface area contributed by atoms with Crippen LogP contribution >= 0.6 is 136 Å². The van der Waals surface area contributed by atoms with Gasteiger partial charge < -0.3 is 4.74 Å². The molecule has 2 aromatic carbocycles. The highest BCUT2D eigenvalue weighted by Gasteiger charge is 2.35. The van der Waals surface area contributed by atoms with Gasteiger partial charge in [0.25, 0.3) is 0 Å². The second-order valence-corrected chi connectivity index (χ2v) is 46.4. The molecule has 12 aromatic heterocycles. The fourth-order valence-electron chi connectivity index (χ4n) is 17.6. The van der Waals surface area contributed by atoms with Gasteiger partial charge in [0, 0.05) is 143 Å². The highest BCUT2D eigenvalue weighted by Crippen LogP contribution is 2.61. The van der Waals surface area contributed by atoms with Crippen LogP contribution in [0.1, 0.15) is 286 Å². The number of rotatable bonds is 44. The Morgan fingerprint density at radius 3 is 1.08 bits per heavy atom. The lowest BCUT2D eigenvalue weighted by atomic mass is 9.93. The Hall–Kier alpha value is -4.60. The molecule has 0 aliphatic rings. The van der Waals surface area contributed by atoms with Crippen molar-refractivity contribution < 1.29 is 23.1 Å². The molecule has 14 aromatic rings. The lowest BCUT2D eigenvalue weighted by molar-refractivity contribution is 0.0429. The second-order valence-electron chi connectivity index (χ2n) is 33.0. The van der Waals surface area contributed by atoms with Crippen molar-refractivity contribution in [2.24, 2.45) is 35.5 Å². The van der Waals surface area contributed by atoms with E-state index < -0.39 is 11.8 Å². The SMILES string of the molecule is CCCCC(CC)COC(=O)c1sc2c(-c3cc4c(-c5ccc(CC(CC)CCCC)s5)c5sc(-c6sc(C)c7sc(C(=O)C(CC)CCCC)c(F)c67)cc5c(-c5ccc(CC(CC)CCCC)s5)c4s3)sc(-c3cc4c(-c5ccc(CC(CC)CCCC)s5)c5sc(C)cc5c(-c5ccc(CC(CC)CCCC)s5)c4s3)c2c1F. The van der Waals surface area contributed by atoms with Crippen LogP contribution in [-0.2, 0) is 30.4 Å². The first-order chi connectivity index (χ1) is 56.4. The average Bonchev–Trinajstić information content (AvgIpc) is 1.55. The van der Waals surface area contributed by atoms with E-state index in [2.05, 4.69) is 170 Å². The Bertz CT molecular complexity index is 5460. The molecule has 0 N–H and O–H groups in total. The lowest BCUT2D eigenvalue weighted by Crippen LogP contribution is -2.14. The van der Waals surface area contributed by atoms with Crippen molar-refractivity contribution in [2.45, 2.75) is 277 Å². The summed E-state index contributed by atoms with van der Waals surface area (Å²) in [6.07, 6.45) is 30.7. The van der Waals surface area contributed by atoms with Crippen molar-refractivity contribution >= 4 is 208 Å². The number of fused-ring (bicyclic) bond motifs is 6. The van der Waals surface area contributed by atoms with E-state index >= 15 is 13.6 Å². The number of thiophene rings is 12. The lowest BCUT2D eigenvalue weighted by Gasteiger charge is -2.14. The molecule has 0 spiro atoms. The Balaban J connectivity index is 1.03. The highest BCUT2D eigenvalue weighted by atomic mass is 32.1. The number of esters is 1. The molecule has 0 saturated heterocycles. The van der Waals surface area contributed by atoms with Gasteiger partial charge in [-0.2, -0.15) is 0 Å². The summed E-state index contributed by atoms with van der Waals surface area (Å²) in [5.41, 5.74) is 4.91. The number of hydrogen-bond acceptors (Lipinski definition) is 15. The minimum atomic E-state index is -0.585. The second kappa shape index (κ2) is 40.2. The summed E-state index contributed by atoms with van der Waals surface area (Å²) in [6, 6.07) is 28.8. The van der Waals surface area contributed by atoms with Gasteiger partial charge in [0.2, 0.25) is 0 Å². The topological polar surface area (TPSA) is 43.4 Å². The van der Waals surface area contributed by atoms with Gasteiger partial charge in [-0.3, -0.25) is 4.79 Å². The number of aryl methyl sites for hydroxylation is 2. The Labute approximate surface area is 737 Å². The maximum Gasteiger partial charge on any atom is 0.351 e. The van der Waals surface area contributed by atoms with E-state index in [1.165, 1.54) is 195 Å². The maximum atomic E-state index is 19.0. The molecular weight excluding hydrogens is 1660 g/mol. The van der Waals surface area contributed by atoms with Crippen molar-refractivity contribution in [2.75, 3.05) is 6.61 Å². The number of benzene rings is 2. The van der Waals surface area contributed by atoms with Crippen LogP contribution in [0.25, 0.3) is 132 Å². The minimum absolute atomic E-state index is 0.0412. The fourth-order valence-corrected chi connectivity index (χ4v) is 32.8. The molecule has 618 valence electrons. The molecular formula is C99H118F2O3S12. The van der Waals surface area contributed by atoms with Crippen molar-refractivity contribution in [3.8, 4) is 71.0 Å². The van der Waals surface area contributed by atoms with Crippen LogP contribution in [0.2, 0.25) is 0 Å². The van der Waals surface area contributed by atoms with Crippen LogP contribution in [0.3, 0.4) is 0 Å². The molecule has 12 heterocycles. The third-order valence-electron chi connectivity index (χ3n) is 24.8. The van der Waals surface area contributed by atoms with Gasteiger partial charge in [0.15, 0.2) is 17.4 Å². The van der Waals surface area contributed by atoms with Gasteiger partial charge >= 0.3 is 5.97 Å². The van der Waals surface area contributed by atoms with Gasteiger partial charge in [-0.25, -0.2) is 13.6 Å². The molecule has 0 bridgehead atoms. The average molecular weight is 1780 g/mol. The van der Waals surface area contributed by atoms with Crippen LogP contribution in [0.5, 0.6) is 0 Å². The molecule has 14 rings (SSSR count). The molecule has 6 atom stereocenters. The predicted octanol–water partition coefficient (Wildman–Crippen LogP) is 37.7. The number of halogens is 2. The van der Waals surface area contributed by atoms with E-state index in [0.29, 0.717) is 40.9 Å². The van der Waals surface area contributed by atoms with Crippen LogP contribution in [0.15, 0.2) is 72.8 Å². The number of hydrogen-bond donors (Lipinski definition) is 0. The minimum Gasteiger partial charge on any atom is -0.461 e. The summed E-state index contributed by atoms with van der Waals surface area (Å²) < 4.78 is 49.7. The van der Waals surface area contributed by atoms with E-state index in [1.54, 1.807) is 45.3 Å². The zero-order chi connectivity index (χ0) is 81.6. The summed E-state index contributed by atoms with van der Waals surface area (Å²) in [5, 5.41) is 5.88. The maximum absolute atomic E-state index is 19.0. The molecule has 0 aliphatic carbocycles. The monoisotopic (exact) mass is 1780 g/mol. The first kappa shape index (κ1) is 87.7. The quantitative estimate of drug-likeness (QED) is 0.0282. The van der Waals surface area contributed by atoms with Crippen molar-refractivity contribution in [1.82, 2.24) is 0 Å². The van der Waals surface area contributed by atoms with Crippen molar-refractivity contribution in [1.29, 1.82) is 0 Å². The third-order valence-corrected chi connectivity index (χ3v) is 39.4. The molecule has 0 fully saturated rings. The van der Waals surface area contributed by atoms with Gasteiger partial charge in [-0.05, 0) is 161 Å². The summed E-state index contributed by atoms with van der Waals surface area (Å²) in [7, 11) is 0. The molecule has 116 heavy (non-hydrogen) atoms. The molecule has 0 saturated carbocycles. The van der Waals surface area contributed by atoms with Crippen LogP contribution in [0, 0.1) is 61.0 Å². The predicted molar refractivity (Wildman–Crippen MR) is 523 cm³/mol. The third kappa shape index (κ3) is 18.4. The molecule has 0 aliphatic heterocycles. The van der Waals surface area contributed by atoms with Gasteiger partial charge in [-0.15, -0.1) is 136 Å². The first-order valence-corrected chi connectivity index (χ1v) is 53.8. The summed E-state index contributed by atoms with van der Waals surface area (Å²) in [4.78, 5) is 48.6. The Morgan fingerprint density at radius 1 is 0.336 bits per heavy atom. The molecule has 6 unspecified atom stereocenters. The van der Waals surface area contributed by atoms with Crippen LogP contribution < -0.4 is 0 Å². The van der Waals surface area contributed by atoms with E-state index in [9.17, 15) is 4.79 Å². The van der Waals surface area contributed by atoms with E-state index in [4.69, 9.17) is 4.74 Å². The molecule has 3 nitrogen and oxygen atoms in total. The van der Waals surface area contributed by atoms with Crippen LogP contribution in [-0.4, -0.2) is 18.4 Å².